The second-order valence-corrected chi connectivity index (χ2v) is 7.18. The maximum Gasteiger partial charge on any atom is 0.234 e. The first-order valence-electron chi connectivity index (χ1n) is 9.90. The van der Waals surface area contributed by atoms with Crippen molar-refractivity contribution < 1.29 is 28.2 Å². The largest absolute Gasteiger partial charge is 0.508 e. The van der Waals surface area contributed by atoms with Gasteiger partial charge in [0, 0.05) is 6.54 Å². The van der Waals surface area contributed by atoms with Gasteiger partial charge in [-0.25, -0.2) is 8.78 Å². The van der Waals surface area contributed by atoms with E-state index in [1.54, 1.807) is 42.5 Å². The standard InChI is InChI=1S/C24H24F2N2O4/c1-31-23-12-16(7-10-22(23)32-14-18-19(25)3-2-4-20(18)26)13-28-21(24(27)30)11-15-5-8-17(29)9-6-15/h2-10,12,21,28-29H,11,13-14H2,1H3,(H2,27,30)/t21-/m0/s1. The number of phenolic OH excluding ortho intramolecular Hbond substituents is 1. The van der Waals surface area contributed by atoms with Gasteiger partial charge in [0.05, 0.1) is 18.7 Å². The van der Waals surface area contributed by atoms with Crippen LogP contribution in [0.1, 0.15) is 16.7 Å². The Hall–Kier alpha value is -3.65. The van der Waals surface area contributed by atoms with E-state index in [0.29, 0.717) is 24.5 Å². The minimum Gasteiger partial charge on any atom is -0.508 e. The van der Waals surface area contributed by atoms with E-state index in [4.69, 9.17) is 15.2 Å². The fraction of sp³-hybridized carbons (Fsp3) is 0.208. The van der Waals surface area contributed by atoms with Crippen molar-refractivity contribution in [1.82, 2.24) is 5.32 Å². The molecule has 0 saturated carbocycles. The maximum atomic E-state index is 13.8. The fourth-order valence-electron chi connectivity index (χ4n) is 3.14. The van der Waals surface area contributed by atoms with E-state index in [2.05, 4.69) is 5.32 Å². The summed E-state index contributed by atoms with van der Waals surface area (Å²) in [7, 11) is 1.46. The highest BCUT2D eigenvalue weighted by atomic mass is 19.1. The molecule has 8 heteroatoms. The van der Waals surface area contributed by atoms with Gasteiger partial charge in [-0.05, 0) is 53.9 Å². The number of hydrogen-bond donors (Lipinski definition) is 3. The number of hydrogen-bond acceptors (Lipinski definition) is 5. The molecule has 1 atom stereocenters. The average Bonchev–Trinajstić information content (AvgIpc) is 2.77. The Morgan fingerprint density at radius 2 is 1.69 bits per heavy atom. The number of amides is 1. The third kappa shape index (κ3) is 5.95. The second kappa shape index (κ2) is 10.6. The van der Waals surface area contributed by atoms with Gasteiger partial charge >= 0.3 is 0 Å². The molecular formula is C24H24F2N2O4. The summed E-state index contributed by atoms with van der Waals surface area (Å²) in [6.07, 6.45) is 0.363. The lowest BCUT2D eigenvalue weighted by atomic mass is 10.0. The van der Waals surface area contributed by atoms with Crippen molar-refractivity contribution >= 4 is 5.91 Å². The molecule has 0 heterocycles. The van der Waals surface area contributed by atoms with Crippen molar-refractivity contribution in [3.8, 4) is 17.2 Å². The van der Waals surface area contributed by atoms with E-state index < -0.39 is 23.6 Å². The van der Waals surface area contributed by atoms with Crippen LogP contribution in [0, 0.1) is 11.6 Å². The van der Waals surface area contributed by atoms with Gasteiger partial charge in [-0.3, -0.25) is 4.79 Å². The molecular weight excluding hydrogens is 418 g/mol. The minimum atomic E-state index is -0.684. The van der Waals surface area contributed by atoms with E-state index in [0.717, 1.165) is 11.1 Å². The molecule has 0 saturated heterocycles. The third-order valence-electron chi connectivity index (χ3n) is 4.93. The van der Waals surface area contributed by atoms with Gasteiger partial charge in [-0.15, -0.1) is 0 Å². The molecule has 168 valence electrons. The van der Waals surface area contributed by atoms with Gasteiger partial charge in [0.1, 0.15) is 24.0 Å². The number of methoxy groups -OCH3 is 1. The van der Waals surface area contributed by atoms with Crippen LogP contribution in [0.4, 0.5) is 8.78 Å². The molecule has 32 heavy (non-hydrogen) atoms. The molecule has 0 aliphatic rings. The number of nitrogens with one attached hydrogen (secondary N) is 1. The summed E-state index contributed by atoms with van der Waals surface area (Å²) >= 11 is 0. The van der Waals surface area contributed by atoms with Crippen LogP contribution >= 0.6 is 0 Å². The molecule has 0 aromatic heterocycles. The summed E-state index contributed by atoms with van der Waals surface area (Å²) in [4.78, 5) is 11.8. The number of aromatic hydroxyl groups is 1. The molecule has 3 aromatic rings. The van der Waals surface area contributed by atoms with Crippen molar-refractivity contribution in [3.05, 3.63) is 89.0 Å². The van der Waals surface area contributed by atoms with Crippen LogP contribution in [0.25, 0.3) is 0 Å². The Balaban J connectivity index is 1.65. The summed E-state index contributed by atoms with van der Waals surface area (Å²) in [5, 5.41) is 12.5. The molecule has 0 unspecified atom stereocenters. The Morgan fingerprint density at radius 1 is 1.03 bits per heavy atom. The van der Waals surface area contributed by atoms with Gasteiger partial charge in [0.2, 0.25) is 5.91 Å². The number of phenols is 1. The molecule has 3 aromatic carbocycles. The SMILES string of the molecule is COc1cc(CN[C@@H](Cc2ccc(O)cc2)C(N)=O)ccc1OCc1c(F)cccc1F. The van der Waals surface area contributed by atoms with Gasteiger partial charge in [-0.2, -0.15) is 0 Å². The number of rotatable bonds is 10. The monoisotopic (exact) mass is 442 g/mol. The Morgan fingerprint density at radius 3 is 2.31 bits per heavy atom. The van der Waals surface area contributed by atoms with E-state index >= 15 is 0 Å². The van der Waals surface area contributed by atoms with Crippen LogP contribution < -0.4 is 20.5 Å². The van der Waals surface area contributed by atoms with Crippen molar-refractivity contribution in [3.63, 3.8) is 0 Å². The highest BCUT2D eigenvalue weighted by Crippen LogP contribution is 2.29. The first-order valence-corrected chi connectivity index (χ1v) is 9.90. The van der Waals surface area contributed by atoms with Gasteiger partial charge < -0.3 is 25.6 Å². The number of ether oxygens (including phenoxy) is 2. The highest BCUT2D eigenvalue weighted by molar-refractivity contribution is 5.80. The van der Waals surface area contributed by atoms with Crippen LogP contribution in [0.5, 0.6) is 17.2 Å². The average molecular weight is 442 g/mol. The van der Waals surface area contributed by atoms with Crippen LogP contribution in [0.2, 0.25) is 0 Å². The number of carbonyl (C=O) groups excluding carboxylic acids is 1. The second-order valence-electron chi connectivity index (χ2n) is 7.18. The van der Waals surface area contributed by atoms with Gasteiger partial charge in [0.15, 0.2) is 11.5 Å². The first-order chi connectivity index (χ1) is 15.4. The summed E-state index contributed by atoms with van der Waals surface area (Å²) in [5.41, 5.74) is 7.00. The highest BCUT2D eigenvalue weighted by Gasteiger charge is 2.16. The molecule has 0 bridgehead atoms. The summed E-state index contributed by atoms with van der Waals surface area (Å²) in [6.45, 7) is 0.0348. The van der Waals surface area contributed by atoms with Gasteiger partial charge in [-0.1, -0.05) is 24.3 Å². The summed E-state index contributed by atoms with van der Waals surface area (Å²) in [5.74, 6) is -1.02. The molecule has 0 radical (unpaired) electrons. The van der Waals surface area contributed by atoms with E-state index in [1.807, 2.05) is 0 Å². The first kappa shape index (κ1) is 23.0. The topological polar surface area (TPSA) is 93.8 Å². The van der Waals surface area contributed by atoms with Crippen molar-refractivity contribution in [2.24, 2.45) is 5.73 Å². The zero-order chi connectivity index (χ0) is 23.1. The Bertz CT molecular complexity index is 1050. The van der Waals surface area contributed by atoms with Gasteiger partial charge in [0.25, 0.3) is 0 Å². The van der Waals surface area contributed by atoms with Crippen LogP contribution in [0.15, 0.2) is 60.7 Å². The lowest BCUT2D eigenvalue weighted by Gasteiger charge is -2.17. The predicted octanol–water partition coefficient (Wildman–Crippen LogP) is 3.44. The van der Waals surface area contributed by atoms with E-state index in [9.17, 15) is 18.7 Å². The maximum absolute atomic E-state index is 13.8. The number of carbonyl (C=O) groups is 1. The molecule has 1 amide bonds. The molecule has 0 fully saturated rings. The van der Waals surface area contributed by atoms with Crippen LogP contribution in [-0.2, 0) is 24.4 Å². The number of halogens is 2. The van der Waals surface area contributed by atoms with Crippen LogP contribution in [0.3, 0.4) is 0 Å². The minimum absolute atomic E-state index is 0.143. The lowest BCUT2D eigenvalue weighted by Crippen LogP contribution is -2.42. The predicted molar refractivity (Wildman–Crippen MR) is 115 cm³/mol. The third-order valence-corrected chi connectivity index (χ3v) is 4.93. The zero-order valence-corrected chi connectivity index (χ0v) is 17.5. The van der Waals surface area contributed by atoms with Crippen LogP contribution in [-0.4, -0.2) is 24.2 Å². The van der Waals surface area contributed by atoms with E-state index in [-0.39, 0.29) is 17.9 Å². The van der Waals surface area contributed by atoms with Crippen molar-refractivity contribution in [2.75, 3.05) is 7.11 Å². The van der Waals surface area contributed by atoms with Crippen molar-refractivity contribution in [1.29, 1.82) is 0 Å². The Kier molecular flexibility index (Phi) is 7.62. The van der Waals surface area contributed by atoms with E-state index in [1.165, 1.54) is 25.3 Å². The quantitative estimate of drug-likeness (QED) is 0.447. The number of nitrogens with two attached hydrogens (primary N) is 1. The molecule has 0 aliphatic heterocycles. The number of primary amides is 1. The molecule has 0 spiro atoms. The number of benzene rings is 3. The lowest BCUT2D eigenvalue weighted by molar-refractivity contribution is -0.120. The summed E-state index contributed by atoms with van der Waals surface area (Å²) in [6, 6.07) is 14.6. The van der Waals surface area contributed by atoms with Crippen molar-refractivity contribution in [2.45, 2.75) is 25.6 Å². The molecule has 3 rings (SSSR count). The zero-order valence-electron chi connectivity index (χ0n) is 17.5. The Labute approximate surface area is 184 Å². The molecule has 6 nitrogen and oxygen atoms in total. The molecule has 0 aliphatic carbocycles. The smallest absolute Gasteiger partial charge is 0.234 e. The molecule has 4 N–H and O–H groups in total. The summed E-state index contributed by atoms with van der Waals surface area (Å²) < 4.78 is 38.5. The fourth-order valence-corrected chi connectivity index (χ4v) is 3.14. The normalized spacial score (nSPS) is 11.7.